The van der Waals surface area contributed by atoms with Crippen molar-refractivity contribution in [3.8, 4) is 0 Å². The lowest BCUT2D eigenvalue weighted by molar-refractivity contribution is 0.107. The molecule has 0 spiro atoms. The van der Waals surface area contributed by atoms with Gasteiger partial charge < -0.3 is 5.32 Å². The second kappa shape index (κ2) is 6.73. The molecule has 1 atom stereocenters. The molecule has 2 heteroatoms. The number of nitrogens with zero attached hydrogens (tertiary/aromatic N) is 1. The Morgan fingerprint density at radius 1 is 1.20 bits per heavy atom. The highest BCUT2D eigenvalue weighted by Gasteiger charge is 2.37. The Labute approximate surface area is 124 Å². The highest BCUT2D eigenvalue weighted by atomic mass is 15.2. The molecule has 1 aliphatic rings. The van der Waals surface area contributed by atoms with Gasteiger partial charge in [-0.1, -0.05) is 38.1 Å². The van der Waals surface area contributed by atoms with Crippen molar-refractivity contribution in [2.45, 2.75) is 58.5 Å². The average molecular weight is 274 g/mol. The number of hydrogen-bond acceptors (Lipinski definition) is 2. The molecule has 112 valence electrons. The third kappa shape index (κ3) is 3.24. The molecule has 0 saturated carbocycles. The molecule has 1 N–H and O–H groups in total. The van der Waals surface area contributed by atoms with E-state index in [0.717, 1.165) is 13.0 Å². The Morgan fingerprint density at radius 2 is 1.90 bits per heavy atom. The van der Waals surface area contributed by atoms with Crippen LogP contribution >= 0.6 is 0 Å². The SMILES string of the molecule is CCNC(c1cccc(CC)c1)C(C)(C)N1CCCC1. The highest BCUT2D eigenvalue weighted by molar-refractivity contribution is 5.28. The van der Waals surface area contributed by atoms with Crippen LogP contribution in [-0.2, 0) is 6.42 Å². The Hall–Kier alpha value is -0.860. The number of rotatable bonds is 6. The van der Waals surface area contributed by atoms with E-state index in [9.17, 15) is 0 Å². The summed E-state index contributed by atoms with van der Waals surface area (Å²) in [6, 6.07) is 9.50. The van der Waals surface area contributed by atoms with Crippen LogP contribution in [0.3, 0.4) is 0 Å². The number of benzene rings is 1. The predicted molar refractivity (Wildman–Crippen MR) is 87.1 cm³/mol. The lowest BCUT2D eigenvalue weighted by Gasteiger charge is -2.43. The van der Waals surface area contributed by atoms with Crippen LogP contribution in [0.25, 0.3) is 0 Å². The molecule has 1 aliphatic heterocycles. The zero-order chi connectivity index (χ0) is 14.6. The van der Waals surface area contributed by atoms with E-state index in [1.54, 1.807) is 0 Å². The molecule has 1 fully saturated rings. The molecule has 20 heavy (non-hydrogen) atoms. The molecule has 0 amide bonds. The van der Waals surface area contributed by atoms with Gasteiger partial charge in [0.2, 0.25) is 0 Å². The average Bonchev–Trinajstić information content (AvgIpc) is 2.99. The second-order valence-electron chi connectivity index (χ2n) is 6.44. The fourth-order valence-corrected chi connectivity index (χ4v) is 3.45. The maximum atomic E-state index is 3.73. The fraction of sp³-hybridized carbons (Fsp3) is 0.667. The van der Waals surface area contributed by atoms with Crippen molar-refractivity contribution in [2.24, 2.45) is 0 Å². The minimum absolute atomic E-state index is 0.166. The van der Waals surface area contributed by atoms with Crippen LogP contribution in [0.4, 0.5) is 0 Å². The fourth-order valence-electron chi connectivity index (χ4n) is 3.45. The summed E-state index contributed by atoms with van der Waals surface area (Å²) in [5.41, 5.74) is 3.03. The standard InChI is InChI=1S/C18H30N2/c1-5-15-10-9-11-16(14-15)17(19-6-2)18(3,4)20-12-7-8-13-20/h9-11,14,17,19H,5-8,12-13H2,1-4H3. The minimum atomic E-state index is 0.166. The lowest BCUT2D eigenvalue weighted by Crippen LogP contribution is -2.51. The first-order valence-electron chi connectivity index (χ1n) is 8.16. The van der Waals surface area contributed by atoms with Gasteiger partial charge in [-0.3, -0.25) is 4.90 Å². The van der Waals surface area contributed by atoms with Gasteiger partial charge in [-0.2, -0.15) is 0 Å². The van der Waals surface area contributed by atoms with E-state index in [4.69, 9.17) is 0 Å². The van der Waals surface area contributed by atoms with Crippen molar-refractivity contribution in [3.63, 3.8) is 0 Å². The van der Waals surface area contributed by atoms with Crippen molar-refractivity contribution < 1.29 is 0 Å². The van der Waals surface area contributed by atoms with Crippen molar-refractivity contribution >= 4 is 0 Å². The van der Waals surface area contributed by atoms with E-state index in [1.165, 1.54) is 37.1 Å². The molecule has 1 saturated heterocycles. The molecule has 0 aliphatic carbocycles. The van der Waals surface area contributed by atoms with Crippen molar-refractivity contribution in [2.75, 3.05) is 19.6 Å². The van der Waals surface area contributed by atoms with Crippen molar-refractivity contribution in [1.29, 1.82) is 0 Å². The Bertz CT molecular complexity index is 419. The van der Waals surface area contributed by atoms with E-state index in [0.29, 0.717) is 6.04 Å². The summed E-state index contributed by atoms with van der Waals surface area (Å²) in [5, 5.41) is 3.73. The molecule has 1 heterocycles. The van der Waals surface area contributed by atoms with E-state index in [2.05, 4.69) is 62.2 Å². The molecule has 1 aromatic carbocycles. The summed E-state index contributed by atoms with van der Waals surface area (Å²) >= 11 is 0. The van der Waals surface area contributed by atoms with Crippen molar-refractivity contribution in [1.82, 2.24) is 10.2 Å². The summed E-state index contributed by atoms with van der Waals surface area (Å²) in [4.78, 5) is 2.65. The number of nitrogens with one attached hydrogen (secondary N) is 1. The normalized spacial score (nSPS) is 18.4. The molecular formula is C18H30N2. The van der Waals surface area contributed by atoms with E-state index < -0.39 is 0 Å². The Morgan fingerprint density at radius 3 is 2.50 bits per heavy atom. The van der Waals surface area contributed by atoms with E-state index in [-0.39, 0.29) is 5.54 Å². The zero-order valence-corrected chi connectivity index (χ0v) is 13.6. The number of likely N-dealkylation sites (N-methyl/N-ethyl adjacent to an activating group) is 1. The van der Waals surface area contributed by atoms with Crippen LogP contribution in [0.5, 0.6) is 0 Å². The van der Waals surface area contributed by atoms with Crippen LogP contribution in [0, 0.1) is 0 Å². The monoisotopic (exact) mass is 274 g/mol. The van der Waals surface area contributed by atoms with Gasteiger partial charge in [-0.15, -0.1) is 0 Å². The summed E-state index contributed by atoms with van der Waals surface area (Å²) in [6.45, 7) is 12.7. The number of likely N-dealkylation sites (tertiary alicyclic amines) is 1. The van der Waals surface area contributed by atoms with Crippen LogP contribution in [0.15, 0.2) is 24.3 Å². The third-order valence-electron chi connectivity index (χ3n) is 4.73. The van der Waals surface area contributed by atoms with E-state index >= 15 is 0 Å². The first-order valence-corrected chi connectivity index (χ1v) is 8.16. The Kier molecular flexibility index (Phi) is 5.22. The quantitative estimate of drug-likeness (QED) is 0.849. The minimum Gasteiger partial charge on any atom is -0.309 e. The van der Waals surface area contributed by atoms with Gasteiger partial charge in [-0.25, -0.2) is 0 Å². The first kappa shape index (κ1) is 15.5. The van der Waals surface area contributed by atoms with Crippen molar-refractivity contribution in [3.05, 3.63) is 35.4 Å². The van der Waals surface area contributed by atoms with Gasteiger partial charge in [0.05, 0.1) is 6.04 Å². The summed E-state index contributed by atoms with van der Waals surface area (Å²) in [6.07, 6.45) is 3.80. The molecule has 2 nitrogen and oxygen atoms in total. The van der Waals surface area contributed by atoms with Gasteiger partial charge in [0, 0.05) is 5.54 Å². The molecule has 0 radical (unpaired) electrons. The molecular weight excluding hydrogens is 244 g/mol. The summed E-state index contributed by atoms with van der Waals surface area (Å²) in [5.74, 6) is 0. The first-order chi connectivity index (χ1) is 9.59. The van der Waals surface area contributed by atoms with E-state index in [1.807, 2.05) is 0 Å². The summed E-state index contributed by atoms with van der Waals surface area (Å²) < 4.78 is 0. The summed E-state index contributed by atoms with van der Waals surface area (Å²) in [7, 11) is 0. The maximum absolute atomic E-state index is 3.73. The number of aryl methyl sites for hydroxylation is 1. The van der Waals surface area contributed by atoms with Crippen LogP contribution in [0.1, 0.15) is 57.7 Å². The topological polar surface area (TPSA) is 15.3 Å². The third-order valence-corrected chi connectivity index (χ3v) is 4.73. The van der Waals surface area contributed by atoms with Gasteiger partial charge in [0.25, 0.3) is 0 Å². The smallest absolute Gasteiger partial charge is 0.0501 e. The second-order valence-corrected chi connectivity index (χ2v) is 6.44. The van der Waals surface area contributed by atoms with Crippen LogP contribution in [-0.4, -0.2) is 30.1 Å². The number of hydrogen-bond donors (Lipinski definition) is 1. The van der Waals surface area contributed by atoms with Gasteiger partial charge in [0.1, 0.15) is 0 Å². The molecule has 1 aromatic rings. The lowest BCUT2D eigenvalue weighted by atomic mass is 9.86. The maximum Gasteiger partial charge on any atom is 0.0501 e. The molecule has 1 unspecified atom stereocenters. The largest absolute Gasteiger partial charge is 0.309 e. The van der Waals surface area contributed by atoms with Crippen LogP contribution < -0.4 is 5.32 Å². The van der Waals surface area contributed by atoms with Crippen LogP contribution in [0.2, 0.25) is 0 Å². The van der Waals surface area contributed by atoms with Gasteiger partial charge >= 0.3 is 0 Å². The van der Waals surface area contributed by atoms with Gasteiger partial charge in [-0.05, 0) is 63.9 Å². The molecule has 2 rings (SSSR count). The molecule has 0 aromatic heterocycles. The predicted octanol–water partition coefficient (Wildman–Crippen LogP) is 3.77. The molecule has 0 bridgehead atoms. The highest BCUT2D eigenvalue weighted by Crippen LogP contribution is 2.33. The van der Waals surface area contributed by atoms with Gasteiger partial charge in [0.15, 0.2) is 0 Å². The Balaban J connectivity index is 2.28. The zero-order valence-electron chi connectivity index (χ0n) is 13.6.